The van der Waals surface area contributed by atoms with Gasteiger partial charge in [-0.15, -0.1) is 0 Å². The highest BCUT2D eigenvalue weighted by Crippen LogP contribution is 2.10. The summed E-state index contributed by atoms with van der Waals surface area (Å²) in [6.45, 7) is -2.25. The zero-order chi connectivity index (χ0) is 24.2. The molecule has 0 bridgehead atoms. The molecule has 0 aromatic carbocycles. The largest absolute Gasteiger partial charge is 0.480 e. The second kappa shape index (κ2) is 13.0. The van der Waals surface area contributed by atoms with Crippen LogP contribution in [0, 0.1) is 0 Å². The molecule has 1 rings (SSSR count). The van der Waals surface area contributed by atoms with Crippen LogP contribution in [0.4, 0.5) is 0 Å². The number of nitrogens with zero attached hydrogens (tertiary/aromatic N) is 2. The second-order valence-electron chi connectivity index (χ2n) is 5.15. The SMILES string of the molecule is O=C(O)CN(CCN(CC(=O)O)CC(=O)O)CC(=O)O.O=S1(=O)OOOOS(=O)(=O)O1. The van der Waals surface area contributed by atoms with Crippen molar-refractivity contribution in [3.63, 3.8) is 0 Å². The first kappa shape index (κ1) is 28.5. The first-order valence-electron chi connectivity index (χ1n) is 7.36. The van der Waals surface area contributed by atoms with Gasteiger partial charge in [-0.05, 0) is 18.7 Å². The van der Waals surface area contributed by atoms with Gasteiger partial charge >= 0.3 is 44.7 Å². The lowest BCUT2D eigenvalue weighted by molar-refractivity contribution is -0.573. The molecule has 1 aliphatic rings. The number of carbonyl (C=O) groups is 4. The molecule has 0 amide bonds. The molecular formula is C10H16N2O17S2. The first-order chi connectivity index (χ1) is 14.1. The third-order valence-electron chi connectivity index (χ3n) is 2.58. The summed E-state index contributed by atoms with van der Waals surface area (Å²) in [5, 5.41) is 40.9. The zero-order valence-corrected chi connectivity index (χ0v) is 16.7. The normalized spacial score (nSPS) is 17.2. The molecule has 0 aliphatic carbocycles. The number of carboxylic acid groups (broad SMARTS) is 4. The summed E-state index contributed by atoms with van der Waals surface area (Å²) >= 11 is 0. The van der Waals surface area contributed by atoms with Crippen LogP contribution in [-0.4, -0.2) is 110 Å². The van der Waals surface area contributed by atoms with Crippen LogP contribution in [0.15, 0.2) is 0 Å². The van der Waals surface area contributed by atoms with Gasteiger partial charge in [0.15, 0.2) is 0 Å². The first-order valence-corrected chi connectivity index (χ1v) is 10.0. The van der Waals surface area contributed by atoms with Crippen LogP contribution in [0.3, 0.4) is 0 Å². The number of rotatable bonds is 11. The lowest BCUT2D eigenvalue weighted by Crippen LogP contribution is -2.43. The number of carboxylic acids is 4. The quantitative estimate of drug-likeness (QED) is 0.198. The molecule has 1 heterocycles. The van der Waals surface area contributed by atoms with E-state index >= 15 is 0 Å². The van der Waals surface area contributed by atoms with Crippen LogP contribution in [0.1, 0.15) is 0 Å². The van der Waals surface area contributed by atoms with Gasteiger partial charge in [-0.3, -0.25) is 29.0 Å². The Hall–Kier alpha value is -2.50. The monoisotopic (exact) mass is 500 g/mol. The van der Waals surface area contributed by atoms with Gasteiger partial charge in [0.2, 0.25) is 0 Å². The van der Waals surface area contributed by atoms with E-state index in [1.54, 1.807) is 0 Å². The fourth-order valence-corrected chi connectivity index (χ4v) is 2.87. The third-order valence-corrected chi connectivity index (χ3v) is 4.36. The predicted octanol–water partition coefficient (Wildman–Crippen LogP) is -3.75. The van der Waals surface area contributed by atoms with Crippen LogP contribution < -0.4 is 0 Å². The van der Waals surface area contributed by atoms with Crippen molar-refractivity contribution in [1.29, 1.82) is 0 Å². The lowest BCUT2D eigenvalue weighted by atomic mass is 10.4. The van der Waals surface area contributed by atoms with E-state index in [2.05, 4.69) is 22.4 Å². The summed E-state index contributed by atoms with van der Waals surface area (Å²) in [6, 6.07) is 0. The number of hydrogen-bond donors (Lipinski definition) is 4. The van der Waals surface area contributed by atoms with E-state index in [1.165, 1.54) is 0 Å². The van der Waals surface area contributed by atoms with Gasteiger partial charge in [0.25, 0.3) is 0 Å². The molecule has 180 valence electrons. The fraction of sp³-hybridized carbons (Fsp3) is 0.600. The van der Waals surface area contributed by atoms with Crippen molar-refractivity contribution in [3.8, 4) is 0 Å². The van der Waals surface area contributed by atoms with Crippen LogP contribution >= 0.6 is 0 Å². The third kappa shape index (κ3) is 15.9. The lowest BCUT2D eigenvalue weighted by Gasteiger charge is -2.23. The maximum atomic E-state index is 10.6. The van der Waals surface area contributed by atoms with Gasteiger partial charge < -0.3 is 20.4 Å². The molecular weight excluding hydrogens is 484 g/mol. The minimum atomic E-state index is -4.79. The molecule has 1 saturated heterocycles. The van der Waals surface area contributed by atoms with E-state index in [-0.39, 0.29) is 13.1 Å². The second-order valence-corrected chi connectivity index (χ2v) is 7.60. The number of aliphatic carboxylic acids is 4. The minimum Gasteiger partial charge on any atom is -0.480 e. The zero-order valence-electron chi connectivity index (χ0n) is 15.0. The molecule has 31 heavy (non-hydrogen) atoms. The Morgan fingerprint density at radius 3 is 1.06 bits per heavy atom. The van der Waals surface area contributed by atoms with Crippen molar-refractivity contribution in [2.45, 2.75) is 0 Å². The highest BCUT2D eigenvalue weighted by molar-refractivity contribution is 7.95. The van der Waals surface area contributed by atoms with Crippen LogP contribution in [0.2, 0.25) is 0 Å². The van der Waals surface area contributed by atoms with Crippen molar-refractivity contribution < 1.29 is 78.8 Å². The van der Waals surface area contributed by atoms with Crippen molar-refractivity contribution in [3.05, 3.63) is 0 Å². The summed E-state index contributed by atoms with van der Waals surface area (Å²) in [5.41, 5.74) is 0. The molecule has 0 atom stereocenters. The van der Waals surface area contributed by atoms with Crippen molar-refractivity contribution >= 4 is 44.7 Å². The predicted molar refractivity (Wildman–Crippen MR) is 86.7 cm³/mol. The van der Waals surface area contributed by atoms with Gasteiger partial charge in [-0.2, -0.15) is 16.8 Å². The molecule has 0 aromatic heterocycles. The highest BCUT2D eigenvalue weighted by Gasteiger charge is 2.31. The molecule has 0 saturated carbocycles. The minimum absolute atomic E-state index is 0.0703. The van der Waals surface area contributed by atoms with Gasteiger partial charge in [0, 0.05) is 13.1 Å². The van der Waals surface area contributed by atoms with E-state index in [0.29, 0.717) is 0 Å². The summed E-state index contributed by atoms with van der Waals surface area (Å²) < 4.78 is 50.4. The molecule has 1 aliphatic heterocycles. The van der Waals surface area contributed by atoms with Crippen molar-refractivity contribution in [2.24, 2.45) is 0 Å². The highest BCUT2D eigenvalue weighted by atomic mass is 32.3. The average molecular weight is 500 g/mol. The Labute approximate surface area is 173 Å². The van der Waals surface area contributed by atoms with E-state index in [9.17, 15) is 36.0 Å². The summed E-state index contributed by atoms with van der Waals surface area (Å²) in [7, 11) is -9.57. The Bertz CT molecular complexity index is 750. The molecule has 0 spiro atoms. The van der Waals surface area contributed by atoms with E-state index in [1.807, 2.05) is 0 Å². The maximum absolute atomic E-state index is 10.6. The van der Waals surface area contributed by atoms with E-state index in [0.717, 1.165) is 9.80 Å². The Kier molecular flexibility index (Phi) is 12.0. The van der Waals surface area contributed by atoms with Crippen LogP contribution in [-0.2, 0) is 62.3 Å². The Morgan fingerprint density at radius 2 is 0.839 bits per heavy atom. The molecule has 19 nitrogen and oxygen atoms in total. The van der Waals surface area contributed by atoms with Crippen LogP contribution in [0.25, 0.3) is 0 Å². The smallest absolute Gasteiger partial charge is 0.445 e. The van der Waals surface area contributed by atoms with Gasteiger partial charge in [-0.25, -0.2) is 0 Å². The Morgan fingerprint density at radius 1 is 0.581 bits per heavy atom. The van der Waals surface area contributed by atoms with Crippen molar-refractivity contribution in [1.82, 2.24) is 9.80 Å². The fourth-order valence-electron chi connectivity index (χ4n) is 1.69. The van der Waals surface area contributed by atoms with E-state index in [4.69, 9.17) is 20.4 Å². The van der Waals surface area contributed by atoms with Crippen LogP contribution in [0.5, 0.6) is 0 Å². The molecule has 0 aromatic rings. The number of hydrogen-bond acceptors (Lipinski definition) is 15. The molecule has 1 fully saturated rings. The summed E-state index contributed by atoms with van der Waals surface area (Å²) in [4.78, 5) is 44.4. The molecule has 0 radical (unpaired) electrons. The van der Waals surface area contributed by atoms with E-state index < -0.39 is 70.9 Å². The van der Waals surface area contributed by atoms with Gasteiger partial charge in [0.05, 0.1) is 26.2 Å². The van der Waals surface area contributed by atoms with Gasteiger partial charge in [-0.1, -0.05) is 3.63 Å². The molecule has 0 unspecified atom stereocenters. The maximum Gasteiger partial charge on any atom is 0.445 e. The Balaban J connectivity index is 0.000000683. The average Bonchev–Trinajstić information content (AvgIpc) is 2.66. The molecule has 21 heteroatoms. The molecule has 4 N–H and O–H groups in total. The summed E-state index contributed by atoms with van der Waals surface area (Å²) in [5.74, 6) is -4.91. The van der Waals surface area contributed by atoms with Crippen molar-refractivity contribution in [2.75, 3.05) is 39.3 Å². The van der Waals surface area contributed by atoms with Gasteiger partial charge in [0.1, 0.15) is 0 Å². The topological polar surface area (TPSA) is 270 Å². The standard InChI is InChI=1S/C10H16N2O8.O9S2/c13-7(14)3-11(4-8(15)16)1-2-12(5-9(17)18)6-10(19)20;1-10(2)7-5-6-8-11(3,4)9-10/h1-6H2,(H,13,14)(H,15,16)(H,17,18)(H,19,20);. The summed E-state index contributed by atoms with van der Waals surface area (Å²) in [6.07, 6.45) is 0.